The molecular weight excluding hydrogens is 282 g/mol. The predicted molar refractivity (Wildman–Crippen MR) is 81.4 cm³/mol. The summed E-state index contributed by atoms with van der Waals surface area (Å²) in [5.41, 5.74) is 0.411. The van der Waals surface area contributed by atoms with E-state index in [1.165, 1.54) is 10.9 Å². The summed E-state index contributed by atoms with van der Waals surface area (Å²) in [5, 5.41) is 3.27. The number of aromatic nitrogens is 2. The first kappa shape index (κ1) is 14.1. The number of carbonyl (C=O) groups is 1. The second-order valence-electron chi connectivity index (χ2n) is 4.87. The first-order valence-electron chi connectivity index (χ1n) is 6.97. The van der Waals surface area contributed by atoms with E-state index in [-0.39, 0.29) is 18.0 Å². The van der Waals surface area contributed by atoms with E-state index >= 15 is 0 Å². The number of nitrogens with zero attached hydrogens (tertiary/aromatic N) is 2. The molecule has 3 aromatic rings. The number of amides is 1. The maximum Gasteiger partial charge on any atom is 0.261 e. The van der Waals surface area contributed by atoms with E-state index in [9.17, 15) is 9.59 Å². The largest absolute Gasteiger partial charge is 0.469 e. The van der Waals surface area contributed by atoms with E-state index in [2.05, 4.69) is 10.3 Å². The Hall–Kier alpha value is -2.89. The van der Waals surface area contributed by atoms with Gasteiger partial charge in [-0.3, -0.25) is 14.2 Å². The normalized spacial score (nSPS) is 10.7. The van der Waals surface area contributed by atoms with E-state index in [1.54, 1.807) is 30.5 Å². The number of hydrogen-bond donors (Lipinski definition) is 1. The molecule has 0 saturated carbocycles. The predicted octanol–water partition coefficient (Wildman–Crippen LogP) is 1.35. The van der Waals surface area contributed by atoms with Gasteiger partial charge in [0.1, 0.15) is 12.3 Å². The Morgan fingerprint density at radius 2 is 2.09 bits per heavy atom. The molecule has 22 heavy (non-hydrogen) atoms. The molecule has 0 spiro atoms. The van der Waals surface area contributed by atoms with E-state index in [0.717, 1.165) is 5.76 Å². The minimum atomic E-state index is -0.231. The van der Waals surface area contributed by atoms with Crippen LogP contribution in [0.15, 0.2) is 58.2 Å². The first-order chi connectivity index (χ1) is 10.7. The topological polar surface area (TPSA) is 77.1 Å². The van der Waals surface area contributed by atoms with Gasteiger partial charge >= 0.3 is 0 Å². The third-order valence-corrected chi connectivity index (χ3v) is 3.32. The number of para-hydroxylation sites is 1. The second-order valence-corrected chi connectivity index (χ2v) is 4.87. The lowest BCUT2D eigenvalue weighted by atomic mass is 10.2. The Morgan fingerprint density at radius 3 is 2.91 bits per heavy atom. The maximum absolute atomic E-state index is 12.3. The Bertz CT molecular complexity index is 837. The zero-order valence-electron chi connectivity index (χ0n) is 11.9. The summed E-state index contributed by atoms with van der Waals surface area (Å²) in [5.74, 6) is 0.579. The fourth-order valence-corrected chi connectivity index (χ4v) is 2.21. The molecule has 3 rings (SSSR count). The van der Waals surface area contributed by atoms with Crippen molar-refractivity contribution in [2.75, 3.05) is 6.54 Å². The minimum Gasteiger partial charge on any atom is -0.469 e. The first-order valence-corrected chi connectivity index (χ1v) is 6.97. The van der Waals surface area contributed by atoms with Crippen LogP contribution in [0.5, 0.6) is 0 Å². The lowest BCUT2D eigenvalue weighted by molar-refractivity contribution is -0.121. The third kappa shape index (κ3) is 3.06. The molecule has 1 aromatic carbocycles. The molecule has 0 aliphatic heterocycles. The fourth-order valence-electron chi connectivity index (χ4n) is 2.21. The molecule has 0 unspecified atom stereocenters. The molecule has 0 aliphatic carbocycles. The van der Waals surface area contributed by atoms with Crippen LogP contribution in [0.1, 0.15) is 5.76 Å². The highest BCUT2D eigenvalue weighted by molar-refractivity contribution is 5.78. The van der Waals surface area contributed by atoms with Crippen LogP contribution in [0.3, 0.4) is 0 Å². The number of furan rings is 1. The van der Waals surface area contributed by atoms with Crippen molar-refractivity contribution in [1.29, 1.82) is 0 Å². The maximum atomic E-state index is 12.3. The van der Waals surface area contributed by atoms with Crippen molar-refractivity contribution in [2.45, 2.75) is 13.0 Å². The number of nitrogens with one attached hydrogen (secondary N) is 1. The molecule has 1 N–H and O–H groups in total. The van der Waals surface area contributed by atoms with Crippen LogP contribution in [-0.2, 0) is 17.8 Å². The van der Waals surface area contributed by atoms with E-state index < -0.39 is 0 Å². The zero-order chi connectivity index (χ0) is 15.4. The van der Waals surface area contributed by atoms with Crippen molar-refractivity contribution < 1.29 is 9.21 Å². The van der Waals surface area contributed by atoms with Crippen molar-refractivity contribution >= 4 is 16.8 Å². The number of rotatable bonds is 5. The lowest BCUT2D eigenvalue weighted by Crippen LogP contribution is -2.33. The molecule has 112 valence electrons. The summed E-state index contributed by atoms with van der Waals surface area (Å²) < 4.78 is 6.49. The van der Waals surface area contributed by atoms with Crippen LogP contribution in [0.4, 0.5) is 0 Å². The number of hydrogen-bond acceptors (Lipinski definition) is 4. The van der Waals surface area contributed by atoms with Crippen molar-refractivity contribution in [3.05, 3.63) is 65.1 Å². The molecule has 6 heteroatoms. The van der Waals surface area contributed by atoms with Crippen molar-refractivity contribution in [3.63, 3.8) is 0 Å². The van der Waals surface area contributed by atoms with Gasteiger partial charge in [-0.2, -0.15) is 0 Å². The van der Waals surface area contributed by atoms with Crippen LogP contribution in [0, 0.1) is 0 Å². The van der Waals surface area contributed by atoms with Crippen LogP contribution in [0.2, 0.25) is 0 Å². The van der Waals surface area contributed by atoms with Crippen LogP contribution in [0.25, 0.3) is 10.9 Å². The summed E-state index contributed by atoms with van der Waals surface area (Å²) in [6.07, 6.45) is 3.61. The average molecular weight is 297 g/mol. The van der Waals surface area contributed by atoms with Gasteiger partial charge in [-0.1, -0.05) is 12.1 Å². The molecule has 2 heterocycles. The number of carbonyl (C=O) groups excluding carboxylic acids is 1. The third-order valence-electron chi connectivity index (χ3n) is 3.32. The molecule has 0 bridgehead atoms. The quantitative estimate of drug-likeness (QED) is 0.771. The highest BCUT2D eigenvalue weighted by Crippen LogP contribution is 2.04. The minimum absolute atomic E-state index is 0.0468. The van der Waals surface area contributed by atoms with Gasteiger partial charge in [0.15, 0.2) is 0 Å². The molecule has 0 atom stereocenters. The van der Waals surface area contributed by atoms with Crippen molar-refractivity contribution in [1.82, 2.24) is 14.9 Å². The summed E-state index contributed by atoms with van der Waals surface area (Å²) in [7, 11) is 0. The van der Waals surface area contributed by atoms with Crippen molar-refractivity contribution in [2.24, 2.45) is 0 Å². The average Bonchev–Trinajstić information content (AvgIpc) is 3.04. The molecule has 2 aromatic heterocycles. The standard InChI is InChI=1S/C16H15N3O3/c20-15(17-8-7-12-4-3-9-22-12)10-19-11-18-14-6-2-1-5-13(14)16(19)21/h1-6,9,11H,7-8,10H2,(H,17,20). The SMILES string of the molecule is O=C(Cn1cnc2ccccc2c1=O)NCCc1ccco1. The van der Waals surface area contributed by atoms with Crippen LogP contribution in [-0.4, -0.2) is 22.0 Å². The molecule has 6 nitrogen and oxygen atoms in total. The van der Waals surface area contributed by atoms with E-state index in [1.807, 2.05) is 12.1 Å². The van der Waals surface area contributed by atoms with Gasteiger partial charge in [0.05, 0.1) is 23.5 Å². The monoisotopic (exact) mass is 297 g/mol. The van der Waals surface area contributed by atoms with Gasteiger partial charge in [0.2, 0.25) is 5.91 Å². The lowest BCUT2D eigenvalue weighted by Gasteiger charge is -2.07. The Morgan fingerprint density at radius 1 is 1.23 bits per heavy atom. The van der Waals surface area contributed by atoms with Gasteiger partial charge in [-0.05, 0) is 24.3 Å². The highest BCUT2D eigenvalue weighted by Gasteiger charge is 2.07. The van der Waals surface area contributed by atoms with Gasteiger partial charge in [-0.15, -0.1) is 0 Å². The van der Waals surface area contributed by atoms with Gasteiger partial charge in [-0.25, -0.2) is 4.98 Å². The summed E-state index contributed by atoms with van der Waals surface area (Å²) in [6.45, 7) is 0.414. The summed E-state index contributed by atoms with van der Waals surface area (Å²) in [6, 6.07) is 10.7. The number of fused-ring (bicyclic) bond motifs is 1. The van der Waals surface area contributed by atoms with Crippen molar-refractivity contribution in [3.8, 4) is 0 Å². The fraction of sp³-hybridized carbons (Fsp3) is 0.188. The summed E-state index contributed by atoms with van der Waals surface area (Å²) in [4.78, 5) is 28.3. The van der Waals surface area contributed by atoms with E-state index in [4.69, 9.17) is 4.42 Å². The Labute approximate surface area is 126 Å². The smallest absolute Gasteiger partial charge is 0.261 e. The molecule has 1 amide bonds. The van der Waals surface area contributed by atoms with E-state index in [0.29, 0.717) is 23.9 Å². The molecule has 0 saturated heterocycles. The molecular formula is C16H15N3O3. The van der Waals surface area contributed by atoms with Crippen LogP contribution >= 0.6 is 0 Å². The van der Waals surface area contributed by atoms with Gasteiger partial charge < -0.3 is 9.73 Å². The second kappa shape index (κ2) is 6.26. The molecule has 0 fully saturated rings. The zero-order valence-corrected chi connectivity index (χ0v) is 11.9. The van der Waals surface area contributed by atoms with Gasteiger partial charge in [0, 0.05) is 13.0 Å². The Kier molecular flexibility index (Phi) is 4.00. The van der Waals surface area contributed by atoms with Crippen LogP contribution < -0.4 is 10.9 Å². The molecule has 0 aliphatic rings. The highest BCUT2D eigenvalue weighted by atomic mass is 16.3. The Balaban J connectivity index is 1.64. The number of benzene rings is 1. The molecule has 0 radical (unpaired) electrons. The van der Waals surface area contributed by atoms with Gasteiger partial charge in [0.25, 0.3) is 5.56 Å². The summed E-state index contributed by atoms with van der Waals surface area (Å²) >= 11 is 0.